The predicted molar refractivity (Wildman–Crippen MR) is 48.6 cm³/mol. The van der Waals surface area contributed by atoms with Crippen LogP contribution in [0.3, 0.4) is 0 Å². The number of carbonyl (C=O) groups is 1. The summed E-state index contributed by atoms with van der Waals surface area (Å²) in [6, 6.07) is 0. The molecule has 0 rings (SSSR count). The molecule has 0 saturated heterocycles. The molecule has 1 nitrogen and oxygen atoms in total. The number of rotatable bonds is 5. The molecule has 0 aliphatic carbocycles. The zero-order chi connectivity index (χ0) is 8.69. The van der Waals surface area contributed by atoms with Gasteiger partial charge >= 0.3 is 0 Å². The third kappa shape index (κ3) is 5.84. The summed E-state index contributed by atoms with van der Waals surface area (Å²) in [5.74, 6) is 0.196. The van der Waals surface area contributed by atoms with Gasteiger partial charge in [0.05, 0.1) is 0 Å². The van der Waals surface area contributed by atoms with Crippen molar-refractivity contribution in [2.24, 2.45) is 0 Å². The van der Waals surface area contributed by atoms with Gasteiger partial charge in [-0.05, 0) is 32.3 Å². The van der Waals surface area contributed by atoms with Crippen LogP contribution in [-0.4, -0.2) is 5.78 Å². The monoisotopic (exact) mass is 154 g/mol. The molecule has 64 valence electrons. The maximum absolute atomic E-state index is 10.7. The molecular formula is C10H18O. The third-order valence-corrected chi connectivity index (χ3v) is 1.81. The summed E-state index contributed by atoms with van der Waals surface area (Å²) < 4.78 is 0. The Labute approximate surface area is 69.5 Å². The third-order valence-electron chi connectivity index (χ3n) is 1.81. The first kappa shape index (κ1) is 10.4. The average molecular weight is 154 g/mol. The average Bonchev–Trinajstić information content (AvgIpc) is 1.97. The minimum atomic E-state index is 0.196. The van der Waals surface area contributed by atoms with Crippen LogP contribution >= 0.6 is 0 Å². The quantitative estimate of drug-likeness (QED) is 0.439. The van der Waals surface area contributed by atoms with Gasteiger partial charge in [0.25, 0.3) is 0 Å². The number of unbranched alkanes of at least 4 members (excludes halogenated alkanes) is 3. The second kappa shape index (κ2) is 6.14. The minimum Gasteiger partial charge on any atom is -0.295 e. The maximum atomic E-state index is 10.7. The van der Waals surface area contributed by atoms with E-state index in [1.165, 1.54) is 19.3 Å². The molecule has 0 unspecified atom stereocenters. The van der Waals surface area contributed by atoms with E-state index in [4.69, 9.17) is 0 Å². The second-order valence-electron chi connectivity index (χ2n) is 2.94. The smallest absolute Gasteiger partial charge is 0.155 e. The molecule has 0 bridgehead atoms. The molecule has 0 atom stereocenters. The summed E-state index contributed by atoms with van der Waals surface area (Å²) in [6.07, 6.45) is 6.81. The summed E-state index contributed by atoms with van der Waals surface area (Å²) in [6.45, 7) is 5.68. The van der Waals surface area contributed by atoms with Gasteiger partial charge in [-0.1, -0.05) is 25.8 Å². The van der Waals surface area contributed by atoms with Crippen LogP contribution in [0, 0.1) is 0 Å². The Morgan fingerprint density at radius 1 is 1.27 bits per heavy atom. The first-order valence-corrected chi connectivity index (χ1v) is 4.36. The summed E-state index contributed by atoms with van der Waals surface area (Å²) in [4.78, 5) is 10.7. The predicted octanol–water partition coefficient (Wildman–Crippen LogP) is 3.10. The van der Waals surface area contributed by atoms with Crippen LogP contribution in [0.1, 0.15) is 46.5 Å². The fraction of sp³-hybridized carbons (Fsp3) is 0.700. The fourth-order valence-electron chi connectivity index (χ4n) is 0.857. The van der Waals surface area contributed by atoms with Gasteiger partial charge in [-0.2, -0.15) is 0 Å². The molecule has 0 spiro atoms. The van der Waals surface area contributed by atoms with E-state index in [2.05, 4.69) is 6.92 Å². The molecular weight excluding hydrogens is 136 g/mol. The van der Waals surface area contributed by atoms with Gasteiger partial charge in [0.2, 0.25) is 0 Å². The normalized spacial score (nSPS) is 11.7. The highest BCUT2D eigenvalue weighted by molar-refractivity contribution is 5.92. The van der Waals surface area contributed by atoms with Crippen molar-refractivity contribution < 1.29 is 4.79 Å². The van der Waals surface area contributed by atoms with Gasteiger partial charge in [-0.15, -0.1) is 0 Å². The molecule has 0 radical (unpaired) electrons. The maximum Gasteiger partial charge on any atom is 0.155 e. The Balaban J connectivity index is 3.48. The number of hydrogen-bond donors (Lipinski definition) is 0. The Morgan fingerprint density at radius 3 is 2.36 bits per heavy atom. The van der Waals surface area contributed by atoms with Crippen LogP contribution in [-0.2, 0) is 4.79 Å². The van der Waals surface area contributed by atoms with Crippen LogP contribution in [0.15, 0.2) is 11.6 Å². The van der Waals surface area contributed by atoms with Crippen molar-refractivity contribution in [2.45, 2.75) is 46.5 Å². The zero-order valence-electron chi connectivity index (χ0n) is 7.81. The van der Waals surface area contributed by atoms with Crippen molar-refractivity contribution in [1.29, 1.82) is 0 Å². The number of hydrogen-bond acceptors (Lipinski definition) is 1. The van der Waals surface area contributed by atoms with Gasteiger partial charge in [-0.25, -0.2) is 0 Å². The minimum absolute atomic E-state index is 0.196. The lowest BCUT2D eigenvalue weighted by Gasteiger charge is -1.94. The Bertz CT molecular complexity index is 145. The highest BCUT2D eigenvalue weighted by atomic mass is 16.1. The molecule has 11 heavy (non-hydrogen) atoms. The molecule has 0 heterocycles. The summed E-state index contributed by atoms with van der Waals surface area (Å²) in [7, 11) is 0. The number of ketones is 1. The lowest BCUT2D eigenvalue weighted by Crippen LogP contribution is -1.90. The largest absolute Gasteiger partial charge is 0.295 e. The first-order chi connectivity index (χ1) is 5.18. The lowest BCUT2D eigenvalue weighted by molar-refractivity contribution is -0.113. The van der Waals surface area contributed by atoms with Gasteiger partial charge < -0.3 is 0 Å². The molecule has 0 aromatic carbocycles. The van der Waals surface area contributed by atoms with E-state index in [0.717, 1.165) is 12.0 Å². The molecule has 1 heteroatoms. The van der Waals surface area contributed by atoms with Crippen LogP contribution in [0.25, 0.3) is 0 Å². The van der Waals surface area contributed by atoms with E-state index in [0.29, 0.717) is 0 Å². The summed E-state index contributed by atoms with van der Waals surface area (Å²) in [5.41, 5.74) is 0.904. The summed E-state index contributed by atoms with van der Waals surface area (Å²) >= 11 is 0. The van der Waals surface area contributed by atoms with E-state index in [-0.39, 0.29) is 5.78 Å². The molecule has 0 aliphatic heterocycles. The van der Waals surface area contributed by atoms with E-state index >= 15 is 0 Å². The van der Waals surface area contributed by atoms with Crippen molar-refractivity contribution in [1.82, 2.24) is 0 Å². The Kier molecular flexibility index (Phi) is 5.81. The molecule has 0 aromatic heterocycles. The van der Waals surface area contributed by atoms with Crippen LogP contribution in [0.2, 0.25) is 0 Å². The second-order valence-corrected chi connectivity index (χ2v) is 2.94. The van der Waals surface area contributed by atoms with Crippen molar-refractivity contribution in [3.63, 3.8) is 0 Å². The van der Waals surface area contributed by atoms with E-state index in [1.807, 2.05) is 13.0 Å². The highest BCUT2D eigenvalue weighted by Gasteiger charge is 1.93. The van der Waals surface area contributed by atoms with Crippen molar-refractivity contribution in [3.05, 3.63) is 11.6 Å². The number of Topliss-reactive ketones (excluding diaryl/α,β-unsaturated/α-hetero) is 1. The standard InChI is InChI=1S/C10H18O/c1-4-5-6-7-8-9(2)10(3)11/h8H,4-7H2,1-3H3. The van der Waals surface area contributed by atoms with Gasteiger partial charge in [0.15, 0.2) is 5.78 Å². The van der Waals surface area contributed by atoms with Crippen molar-refractivity contribution >= 4 is 5.78 Å². The molecule has 0 fully saturated rings. The first-order valence-electron chi connectivity index (χ1n) is 4.36. The van der Waals surface area contributed by atoms with E-state index in [9.17, 15) is 4.79 Å². The zero-order valence-corrected chi connectivity index (χ0v) is 7.81. The van der Waals surface area contributed by atoms with Crippen molar-refractivity contribution in [3.8, 4) is 0 Å². The summed E-state index contributed by atoms with van der Waals surface area (Å²) in [5, 5.41) is 0. The number of allylic oxidation sites excluding steroid dienone is 2. The molecule has 0 aliphatic rings. The van der Waals surface area contributed by atoms with Gasteiger partial charge in [-0.3, -0.25) is 4.79 Å². The van der Waals surface area contributed by atoms with Crippen LogP contribution < -0.4 is 0 Å². The van der Waals surface area contributed by atoms with Crippen LogP contribution in [0.4, 0.5) is 0 Å². The topological polar surface area (TPSA) is 17.1 Å². The van der Waals surface area contributed by atoms with E-state index in [1.54, 1.807) is 6.92 Å². The Morgan fingerprint density at radius 2 is 1.91 bits per heavy atom. The number of carbonyl (C=O) groups excluding carboxylic acids is 1. The lowest BCUT2D eigenvalue weighted by atomic mass is 10.1. The fourth-order valence-corrected chi connectivity index (χ4v) is 0.857. The Hall–Kier alpha value is -0.590. The molecule has 0 amide bonds. The van der Waals surface area contributed by atoms with E-state index < -0.39 is 0 Å². The van der Waals surface area contributed by atoms with Crippen LogP contribution in [0.5, 0.6) is 0 Å². The van der Waals surface area contributed by atoms with Crippen molar-refractivity contribution in [2.75, 3.05) is 0 Å². The molecule has 0 N–H and O–H groups in total. The molecule has 0 aromatic rings. The SMILES string of the molecule is CCCCCC=C(C)C(C)=O. The van der Waals surface area contributed by atoms with Gasteiger partial charge in [0, 0.05) is 0 Å². The highest BCUT2D eigenvalue weighted by Crippen LogP contribution is 2.03. The molecule has 0 saturated carbocycles. The van der Waals surface area contributed by atoms with Gasteiger partial charge in [0.1, 0.15) is 0 Å².